The van der Waals surface area contributed by atoms with Gasteiger partial charge in [0, 0.05) is 45.3 Å². The number of carbonyl (C=O) groups is 1. The first-order chi connectivity index (χ1) is 9.78. The SMILES string of the molecule is CCN1CCN(CCC(=O)NCc2ccccn2)CC1. The summed E-state index contributed by atoms with van der Waals surface area (Å²) in [5.41, 5.74) is 0.900. The van der Waals surface area contributed by atoms with Gasteiger partial charge in [-0.05, 0) is 18.7 Å². The first-order valence-corrected chi connectivity index (χ1v) is 7.39. The summed E-state index contributed by atoms with van der Waals surface area (Å²) in [5.74, 6) is 0.105. The van der Waals surface area contributed by atoms with Crippen molar-refractivity contribution in [3.8, 4) is 0 Å². The number of hydrogen-bond acceptors (Lipinski definition) is 4. The van der Waals surface area contributed by atoms with Gasteiger partial charge < -0.3 is 15.1 Å². The fourth-order valence-electron chi connectivity index (χ4n) is 2.37. The Hall–Kier alpha value is -1.46. The fraction of sp³-hybridized carbons (Fsp3) is 0.600. The molecule has 0 aromatic carbocycles. The molecule has 5 nitrogen and oxygen atoms in total. The number of amides is 1. The van der Waals surface area contributed by atoms with Crippen LogP contribution in [0.5, 0.6) is 0 Å². The molecule has 1 aliphatic heterocycles. The molecule has 2 rings (SSSR count). The number of likely N-dealkylation sites (N-methyl/N-ethyl adjacent to an activating group) is 1. The van der Waals surface area contributed by atoms with Gasteiger partial charge in [-0.2, -0.15) is 0 Å². The van der Waals surface area contributed by atoms with Gasteiger partial charge in [-0.3, -0.25) is 9.78 Å². The van der Waals surface area contributed by atoms with Crippen molar-refractivity contribution in [1.29, 1.82) is 0 Å². The molecule has 1 fully saturated rings. The predicted molar refractivity (Wildman–Crippen MR) is 79.3 cm³/mol. The molecule has 0 bridgehead atoms. The molecule has 0 saturated carbocycles. The van der Waals surface area contributed by atoms with Gasteiger partial charge in [0.2, 0.25) is 5.91 Å². The average Bonchev–Trinajstić information content (AvgIpc) is 2.52. The minimum Gasteiger partial charge on any atom is -0.350 e. The zero-order valence-corrected chi connectivity index (χ0v) is 12.2. The Morgan fingerprint density at radius 2 is 2.00 bits per heavy atom. The molecule has 110 valence electrons. The van der Waals surface area contributed by atoms with E-state index in [0.29, 0.717) is 13.0 Å². The van der Waals surface area contributed by atoms with Crippen molar-refractivity contribution in [1.82, 2.24) is 20.1 Å². The topological polar surface area (TPSA) is 48.5 Å². The summed E-state index contributed by atoms with van der Waals surface area (Å²) in [6.45, 7) is 9.06. The molecule has 1 aromatic rings. The van der Waals surface area contributed by atoms with E-state index in [1.54, 1.807) is 6.20 Å². The van der Waals surface area contributed by atoms with Gasteiger partial charge in [0.05, 0.1) is 12.2 Å². The maximum atomic E-state index is 11.8. The highest BCUT2D eigenvalue weighted by Crippen LogP contribution is 2.02. The lowest BCUT2D eigenvalue weighted by Crippen LogP contribution is -2.46. The van der Waals surface area contributed by atoms with E-state index in [0.717, 1.165) is 45.0 Å². The maximum absolute atomic E-state index is 11.8. The molecule has 0 atom stereocenters. The number of nitrogens with one attached hydrogen (secondary N) is 1. The fourth-order valence-corrected chi connectivity index (χ4v) is 2.37. The average molecular weight is 276 g/mol. The number of pyridine rings is 1. The molecule has 2 heterocycles. The second kappa shape index (κ2) is 7.97. The molecule has 1 amide bonds. The summed E-state index contributed by atoms with van der Waals surface area (Å²) in [7, 11) is 0. The van der Waals surface area contributed by atoms with Crippen LogP contribution >= 0.6 is 0 Å². The molecule has 0 aliphatic carbocycles. The molecule has 1 aromatic heterocycles. The highest BCUT2D eigenvalue weighted by molar-refractivity contribution is 5.75. The van der Waals surface area contributed by atoms with E-state index in [-0.39, 0.29) is 5.91 Å². The largest absolute Gasteiger partial charge is 0.350 e. The standard InChI is InChI=1S/C15H24N4O/c1-2-18-9-11-19(12-10-18)8-6-15(20)17-13-14-5-3-4-7-16-14/h3-5,7H,2,6,8-13H2,1H3,(H,17,20). The molecule has 20 heavy (non-hydrogen) atoms. The summed E-state index contributed by atoms with van der Waals surface area (Å²) < 4.78 is 0. The van der Waals surface area contributed by atoms with Gasteiger partial charge >= 0.3 is 0 Å². The van der Waals surface area contributed by atoms with Crippen LogP contribution in [0.2, 0.25) is 0 Å². The zero-order chi connectivity index (χ0) is 14.2. The van der Waals surface area contributed by atoms with Gasteiger partial charge in [0.15, 0.2) is 0 Å². The smallest absolute Gasteiger partial charge is 0.221 e. The normalized spacial score (nSPS) is 17.1. The van der Waals surface area contributed by atoms with E-state index < -0.39 is 0 Å². The van der Waals surface area contributed by atoms with Crippen LogP contribution < -0.4 is 5.32 Å². The van der Waals surface area contributed by atoms with Gasteiger partial charge in [-0.15, -0.1) is 0 Å². The third kappa shape index (κ3) is 4.90. The molecule has 1 aliphatic rings. The third-order valence-corrected chi connectivity index (χ3v) is 3.76. The molecule has 5 heteroatoms. The Morgan fingerprint density at radius 3 is 2.65 bits per heavy atom. The third-order valence-electron chi connectivity index (χ3n) is 3.76. The van der Waals surface area contributed by atoms with Crippen LogP contribution in [-0.4, -0.2) is 60.0 Å². The lowest BCUT2D eigenvalue weighted by atomic mass is 10.2. The molecule has 1 saturated heterocycles. The van der Waals surface area contributed by atoms with Crippen molar-refractivity contribution in [3.05, 3.63) is 30.1 Å². The van der Waals surface area contributed by atoms with Crippen molar-refractivity contribution >= 4 is 5.91 Å². The van der Waals surface area contributed by atoms with Gasteiger partial charge in [-0.1, -0.05) is 13.0 Å². The number of carbonyl (C=O) groups excluding carboxylic acids is 1. The van der Waals surface area contributed by atoms with Crippen LogP contribution in [0.1, 0.15) is 19.0 Å². The molecule has 1 N–H and O–H groups in total. The quantitative estimate of drug-likeness (QED) is 0.832. The summed E-state index contributed by atoms with van der Waals surface area (Å²) >= 11 is 0. The van der Waals surface area contributed by atoms with Crippen LogP contribution in [0, 0.1) is 0 Å². The van der Waals surface area contributed by atoms with E-state index in [1.807, 2.05) is 18.2 Å². The highest BCUT2D eigenvalue weighted by Gasteiger charge is 2.15. The number of nitrogens with zero attached hydrogens (tertiary/aromatic N) is 3. The lowest BCUT2D eigenvalue weighted by Gasteiger charge is -2.33. The Kier molecular flexibility index (Phi) is 5.95. The molecule has 0 unspecified atom stereocenters. The van der Waals surface area contributed by atoms with E-state index in [1.165, 1.54) is 0 Å². The zero-order valence-electron chi connectivity index (χ0n) is 12.2. The summed E-state index contributed by atoms with van der Waals surface area (Å²) in [4.78, 5) is 20.8. The van der Waals surface area contributed by atoms with Crippen LogP contribution in [0.25, 0.3) is 0 Å². The Labute approximate surface area is 121 Å². The van der Waals surface area contributed by atoms with E-state index in [4.69, 9.17) is 0 Å². The number of rotatable bonds is 6. The van der Waals surface area contributed by atoms with Crippen molar-refractivity contribution in [2.45, 2.75) is 19.9 Å². The second-order valence-electron chi connectivity index (χ2n) is 5.12. The van der Waals surface area contributed by atoms with Crippen LogP contribution in [-0.2, 0) is 11.3 Å². The predicted octanol–water partition coefficient (Wildman–Crippen LogP) is 0.725. The first kappa shape index (κ1) is 14.9. The number of aromatic nitrogens is 1. The minimum absolute atomic E-state index is 0.105. The highest BCUT2D eigenvalue weighted by atomic mass is 16.1. The number of piperazine rings is 1. The van der Waals surface area contributed by atoms with Crippen LogP contribution in [0.4, 0.5) is 0 Å². The lowest BCUT2D eigenvalue weighted by molar-refractivity contribution is -0.121. The van der Waals surface area contributed by atoms with Gasteiger partial charge in [0.25, 0.3) is 0 Å². The van der Waals surface area contributed by atoms with Crippen LogP contribution in [0.15, 0.2) is 24.4 Å². The summed E-state index contributed by atoms with van der Waals surface area (Å²) in [5, 5.41) is 2.92. The summed E-state index contributed by atoms with van der Waals surface area (Å²) in [6.07, 6.45) is 2.31. The molecular formula is C15H24N4O. The summed E-state index contributed by atoms with van der Waals surface area (Å²) in [6, 6.07) is 5.73. The van der Waals surface area contributed by atoms with E-state index in [9.17, 15) is 4.79 Å². The molecular weight excluding hydrogens is 252 g/mol. The molecule has 0 radical (unpaired) electrons. The van der Waals surface area contributed by atoms with Crippen LogP contribution in [0.3, 0.4) is 0 Å². The minimum atomic E-state index is 0.105. The second-order valence-corrected chi connectivity index (χ2v) is 5.12. The monoisotopic (exact) mass is 276 g/mol. The van der Waals surface area contributed by atoms with Crippen molar-refractivity contribution in [2.75, 3.05) is 39.3 Å². The maximum Gasteiger partial charge on any atom is 0.221 e. The van der Waals surface area contributed by atoms with Crippen molar-refractivity contribution < 1.29 is 4.79 Å². The Morgan fingerprint density at radius 1 is 1.25 bits per heavy atom. The van der Waals surface area contributed by atoms with Crippen molar-refractivity contribution in [2.24, 2.45) is 0 Å². The van der Waals surface area contributed by atoms with Crippen molar-refractivity contribution in [3.63, 3.8) is 0 Å². The Bertz CT molecular complexity index is 402. The van der Waals surface area contributed by atoms with Gasteiger partial charge in [-0.25, -0.2) is 0 Å². The number of hydrogen-bond donors (Lipinski definition) is 1. The van der Waals surface area contributed by atoms with Gasteiger partial charge in [0.1, 0.15) is 0 Å². The molecule has 0 spiro atoms. The Balaban J connectivity index is 1.61. The first-order valence-electron chi connectivity index (χ1n) is 7.39. The van der Waals surface area contributed by atoms with E-state index in [2.05, 4.69) is 27.0 Å². The van der Waals surface area contributed by atoms with E-state index >= 15 is 0 Å².